The first-order chi connectivity index (χ1) is 12.5. The molecule has 0 aliphatic heterocycles. The number of aliphatic hydroxyl groups is 1. The molecule has 0 spiro atoms. The Morgan fingerprint density at radius 1 is 1.31 bits per heavy atom. The maximum atomic E-state index is 13.5. The summed E-state index contributed by atoms with van der Waals surface area (Å²) in [6, 6.07) is 10.7. The van der Waals surface area contributed by atoms with Crippen molar-refractivity contribution < 1.29 is 9.50 Å². The summed E-state index contributed by atoms with van der Waals surface area (Å²) >= 11 is 1.53. The van der Waals surface area contributed by atoms with E-state index in [1.54, 1.807) is 19.1 Å². The first-order valence-corrected chi connectivity index (χ1v) is 9.88. The Morgan fingerprint density at radius 3 is 2.73 bits per heavy atom. The number of aliphatic imine (C=N–C) groups is 1. The van der Waals surface area contributed by atoms with E-state index in [1.165, 1.54) is 17.4 Å². The molecule has 2 aromatic rings. The van der Waals surface area contributed by atoms with E-state index in [9.17, 15) is 9.50 Å². The number of hydrogen-bond donors (Lipinski definition) is 3. The van der Waals surface area contributed by atoms with Crippen LogP contribution >= 0.6 is 11.3 Å². The van der Waals surface area contributed by atoms with Gasteiger partial charge in [-0.1, -0.05) is 18.2 Å². The van der Waals surface area contributed by atoms with Crippen LogP contribution in [0, 0.1) is 5.82 Å². The normalized spacial score (nSPS) is 18.2. The Labute approximate surface area is 158 Å². The fourth-order valence-electron chi connectivity index (χ4n) is 3.03. The summed E-state index contributed by atoms with van der Waals surface area (Å²) in [5.74, 6) is 0.480. The number of benzene rings is 1. The van der Waals surface area contributed by atoms with Gasteiger partial charge in [0.1, 0.15) is 11.4 Å². The zero-order chi connectivity index (χ0) is 18.6. The van der Waals surface area contributed by atoms with Crippen LogP contribution < -0.4 is 10.6 Å². The Bertz CT molecular complexity index is 754. The average molecular weight is 376 g/mol. The lowest BCUT2D eigenvalue weighted by Crippen LogP contribution is -2.42. The molecule has 1 heterocycles. The molecule has 1 unspecified atom stereocenters. The van der Waals surface area contributed by atoms with Crippen molar-refractivity contribution in [3.63, 3.8) is 0 Å². The van der Waals surface area contributed by atoms with Crippen LogP contribution in [0.4, 0.5) is 4.39 Å². The Morgan fingerprint density at radius 2 is 2.12 bits per heavy atom. The quantitative estimate of drug-likeness (QED) is 0.514. The van der Waals surface area contributed by atoms with Crippen LogP contribution in [-0.4, -0.2) is 30.7 Å². The summed E-state index contributed by atoms with van der Waals surface area (Å²) < 4.78 is 13.5. The van der Waals surface area contributed by atoms with Crippen LogP contribution in [-0.2, 0) is 11.0 Å². The predicted molar refractivity (Wildman–Crippen MR) is 105 cm³/mol. The van der Waals surface area contributed by atoms with Crippen molar-refractivity contribution in [3.8, 4) is 0 Å². The highest BCUT2D eigenvalue weighted by molar-refractivity contribution is 7.10. The third kappa shape index (κ3) is 4.43. The van der Waals surface area contributed by atoms with Crippen molar-refractivity contribution >= 4 is 17.3 Å². The maximum Gasteiger partial charge on any atom is 0.191 e. The van der Waals surface area contributed by atoms with E-state index in [0.717, 1.165) is 29.8 Å². The molecule has 1 aromatic heterocycles. The molecule has 1 aromatic carbocycles. The van der Waals surface area contributed by atoms with Crippen LogP contribution in [0.3, 0.4) is 0 Å². The number of hydrogen-bond acceptors (Lipinski definition) is 3. The van der Waals surface area contributed by atoms with E-state index >= 15 is 0 Å². The van der Waals surface area contributed by atoms with Gasteiger partial charge in [-0.3, -0.25) is 0 Å². The zero-order valence-corrected chi connectivity index (χ0v) is 16.1. The summed E-state index contributed by atoms with van der Waals surface area (Å²) in [7, 11) is 0. The summed E-state index contributed by atoms with van der Waals surface area (Å²) in [6.07, 6.45) is 2.07. The van der Waals surface area contributed by atoms with Crippen LogP contribution in [0.15, 0.2) is 46.8 Å². The van der Waals surface area contributed by atoms with E-state index in [-0.39, 0.29) is 17.8 Å². The molecule has 4 nitrogen and oxygen atoms in total. The van der Waals surface area contributed by atoms with E-state index in [1.807, 2.05) is 30.5 Å². The molecule has 3 N–H and O–H groups in total. The van der Waals surface area contributed by atoms with Gasteiger partial charge in [0.05, 0.1) is 6.54 Å². The standard InChI is InChI=1S/C20H26FN3OS/c1-3-22-18(23-13-19(2,25)17-8-5-11-26-17)24-14-20(9-10-20)15-6-4-7-16(21)12-15/h4-8,11-12,25H,3,9-10,13-14H2,1-2H3,(H2,22,23,24). The first kappa shape index (κ1) is 18.9. The molecule has 3 rings (SSSR count). The number of rotatable bonds is 7. The second-order valence-electron chi connectivity index (χ2n) is 7.09. The van der Waals surface area contributed by atoms with Gasteiger partial charge in [-0.2, -0.15) is 0 Å². The van der Waals surface area contributed by atoms with Crippen molar-refractivity contribution in [2.45, 2.75) is 37.7 Å². The molecule has 0 amide bonds. The Balaban J connectivity index is 1.65. The molecule has 26 heavy (non-hydrogen) atoms. The number of nitrogens with one attached hydrogen (secondary N) is 2. The molecule has 0 radical (unpaired) electrons. The molecule has 0 saturated heterocycles. The minimum atomic E-state index is -0.990. The lowest BCUT2D eigenvalue weighted by Gasteiger charge is -2.22. The topological polar surface area (TPSA) is 56.7 Å². The van der Waals surface area contributed by atoms with Crippen LogP contribution in [0.2, 0.25) is 0 Å². The van der Waals surface area contributed by atoms with Crippen molar-refractivity contribution in [2.75, 3.05) is 19.6 Å². The van der Waals surface area contributed by atoms with Gasteiger partial charge >= 0.3 is 0 Å². The van der Waals surface area contributed by atoms with Gasteiger partial charge in [0.2, 0.25) is 0 Å². The van der Waals surface area contributed by atoms with Crippen LogP contribution in [0.25, 0.3) is 0 Å². The maximum absolute atomic E-state index is 13.5. The number of thiophene rings is 1. The average Bonchev–Trinajstić information content (AvgIpc) is 3.19. The fourth-order valence-corrected chi connectivity index (χ4v) is 3.81. The van der Waals surface area contributed by atoms with Crippen LogP contribution in [0.1, 0.15) is 37.1 Å². The molecule has 1 aliphatic rings. The number of halogens is 1. The second-order valence-corrected chi connectivity index (χ2v) is 8.04. The summed E-state index contributed by atoms with van der Waals surface area (Å²) in [6.45, 7) is 5.49. The van der Waals surface area contributed by atoms with Gasteiger partial charge in [0.25, 0.3) is 0 Å². The van der Waals surface area contributed by atoms with Gasteiger partial charge in [-0.15, -0.1) is 11.3 Å². The van der Waals surface area contributed by atoms with E-state index in [0.29, 0.717) is 12.5 Å². The molecule has 0 bridgehead atoms. The monoisotopic (exact) mass is 375 g/mol. The number of nitrogens with zero attached hydrogens (tertiary/aromatic N) is 1. The third-order valence-corrected chi connectivity index (χ3v) is 5.95. The van der Waals surface area contributed by atoms with Gasteiger partial charge in [-0.25, -0.2) is 9.38 Å². The lowest BCUT2D eigenvalue weighted by atomic mass is 9.96. The SMILES string of the molecule is CCNC(=NCC(C)(O)c1cccs1)NCC1(c2cccc(F)c2)CC1. The van der Waals surface area contributed by atoms with Crippen molar-refractivity contribution in [1.82, 2.24) is 10.6 Å². The minimum absolute atomic E-state index is 0.0193. The summed E-state index contributed by atoms with van der Waals surface area (Å²) in [5, 5.41) is 19.2. The van der Waals surface area contributed by atoms with Crippen molar-refractivity contribution in [3.05, 3.63) is 58.0 Å². The Hall–Kier alpha value is -1.92. The zero-order valence-electron chi connectivity index (χ0n) is 15.3. The smallest absolute Gasteiger partial charge is 0.191 e. The van der Waals surface area contributed by atoms with E-state index in [4.69, 9.17) is 0 Å². The van der Waals surface area contributed by atoms with Crippen LogP contribution in [0.5, 0.6) is 0 Å². The first-order valence-electron chi connectivity index (χ1n) is 9.00. The van der Waals surface area contributed by atoms with E-state index < -0.39 is 5.60 Å². The van der Waals surface area contributed by atoms with Gasteiger partial charge in [0.15, 0.2) is 5.96 Å². The number of guanidine groups is 1. The molecule has 1 fully saturated rings. The molecule has 1 aliphatic carbocycles. The highest BCUT2D eigenvalue weighted by Crippen LogP contribution is 2.47. The van der Waals surface area contributed by atoms with Crippen molar-refractivity contribution in [1.29, 1.82) is 0 Å². The van der Waals surface area contributed by atoms with Gasteiger partial charge in [0, 0.05) is 23.4 Å². The fraction of sp³-hybridized carbons (Fsp3) is 0.450. The molecule has 6 heteroatoms. The summed E-state index contributed by atoms with van der Waals surface area (Å²) in [4.78, 5) is 5.46. The lowest BCUT2D eigenvalue weighted by molar-refractivity contribution is 0.0711. The highest BCUT2D eigenvalue weighted by Gasteiger charge is 2.44. The molecule has 140 valence electrons. The molecular formula is C20H26FN3OS. The third-order valence-electron chi connectivity index (χ3n) is 4.83. The molecular weight excluding hydrogens is 349 g/mol. The highest BCUT2D eigenvalue weighted by atomic mass is 32.1. The largest absolute Gasteiger partial charge is 0.383 e. The predicted octanol–water partition coefficient (Wildman–Crippen LogP) is 3.38. The molecule has 1 atom stereocenters. The second kappa shape index (κ2) is 7.76. The minimum Gasteiger partial charge on any atom is -0.383 e. The van der Waals surface area contributed by atoms with Crippen molar-refractivity contribution in [2.24, 2.45) is 4.99 Å². The van der Waals surface area contributed by atoms with Gasteiger partial charge < -0.3 is 15.7 Å². The van der Waals surface area contributed by atoms with Gasteiger partial charge in [-0.05, 0) is 55.8 Å². The molecule has 1 saturated carbocycles. The van der Waals surface area contributed by atoms with E-state index in [2.05, 4.69) is 15.6 Å². The summed E-state index contributed by atoms with van der Waals surface area (Å²) in [5.41, 5.74) is 0.0247. The Kier molecular flexibility index (Phi) is 5.63.